The Bertz CT molecular complexity index is 416. The largest absolute Gasteiger partial charge is 0.493 e. The lowest BCUT2D eigenvalue weighted by Gasteiger charge is -2.29. The van der Waals surface area contributed by atoms with Gasteiger partial charge in [-0.25, -0.2) is 0 Å². The third kappa shape index (κ3) is 3.73. The zero-order chi connectivity index (χ0) is 14.5. The summed E-state index contributed by atoms with van der Waals surface area (Å²) in [6, 6.07) is 0. The second-order valence-electron chi connectivity index (χ2n) is 6.12. The van der Waals surface area contributed by atoms with E-state index >= 15 is 0 Å². The summed E-state index contributed by atoms with van der Waals surface area (Å²) in [7, 11) is 5.92. The second-order valence-corrected chi connectivity index (χ2v) is 6.12. The Morgan fingerprint density at radius 1 is 1.50 bits per heavy atom. The Kier molecular flexibility index (Phi) is 5.43. The molecule has 0 aromatic carbocycles. The molecule has 0 aliphatic carbocycles. The van der Waals surface area contributed by atoms with E-state index in [2.05, 4.69) is 41.0 Å². The van der Waals surface area contributed by atoms with Gasteiger partial charge in [-0.3, -0.25) is 4.68 Å². The lowest BCUT2D eigenvalue weighted by molar-refractivity contribution is 0.263. The highest BCUT2D eigenvalue weighted by atomic mass is 16.5. The lowest BCUT2D eigenvalue weighted by Crippen LogP contribution is -2.37. The Labute approximate surface area is 122 Å². The van der Waals surface area contributed by atoms with E-state index in [1.807, 2.05) is 6.20 Å². The van der Waals surface area contributed by atoms with Crippen LogP contribution in [-0.4, -0.2) is 55.5 Å². The van der Waals surface area contributed by atoms with Crippen LogP contribution in [0.1, 0.15) is 19.0 Å². The monoisotopic (exact) mass is 280 g/mol. The van der Waals surface area contributed by atoms with Gasteiger partial charge in [-0.05, 0) is 51.9 Å². The Morgan fingerprint density at radius 2 is 2.30 bits per heavy atom. The molecule has 5 heteroatoms. The Hall–Kier alpha value is -1.07. The minimum Gasteiger partial charge on any atom is -0.493 e. The molecule has 20 heavy (non-hydrogen) atoms. The van der Waals surface area contributed by atoms with Crippen LogP contribution in [0.25, 0.3) is 0 Å². The topological polar surface area (TPSA) is 42.3 Å². The average molecular weight is 280 g/mol. The zero-order valence-electron chi connectivity index (χ0n) is 13.2. The third-order valence-corrected chi connectivity index (χ3v) is 4.33. The number of hydrogen-bond donors (Lipinski definition) is 1. The molecule has 1 aliphatic heterocycles. The number of piperidine rings is 1. The maximum Gasteiger partial charge on any atom is 0.159 e. The molecule has 2 unspecified atom stereocenters. The normalized spacial score (nSPS) is 23.2. The van der Waals surface area contributed by atoms with Gasteiger partial charge in [0.15, 0.2) is 5.75 Å². The first kappa shape index (κ1) is 15.3. The van der Waals surface area contributed by atoms with Crippen LogP contribution in [0.5, 0.6) is 5.75 Å². The van der Waals surface area contributed by atoms with E-state index in [1.54, 1.807) is 7.11 Å². The van der Waals surface area contributed by atoms with Gasteiger partial charge in [0.05, 0.1) is 25.5 Å². The molecule has 114 valence electrons. The molecule has 0 bridgehead atoms. The zero-order valence-corrected chi connectivity index (χ0v) is 13.2. The molecule has 2 heterocycles. The van der Waals surface area contributed by atoms with Gasteiger partial charge in [0, 0.05) is 6.54 Å². The molecule has 1 aromatic rings. The standard InChI is InChI=1S/C15H28N4O/c1-12-5-6-16-10-13(12)9-14-15(20-4)11-17-19(14)8-7-18(2)3/h11-13,16H,5-10H2,1-4H3. The highest BCUT2D eigenvalue weighted by molar-refractivity contribution is 5.26. The van der Waals surface area contributed by atoms with Crippen molar-refractivity contribution in [2.24, 2.45) is 11.8 Å². The number of hydrogen-bond acceptors (Lipinski definition) is 4. The fraction of sp³-hybridized carbons (Fsp3) is 0.800. The fourth-order valence-electron chi connectivity index (χ4n) is 2.83. The SMILES string of the molecule is COc1cnn(CCN(C)C)c1CC1CNCCC1C. The van der Waals surface area contributed by atoms with Crippen LogP contribution in [0, 0.1) is 11.8 Å². The number of methoxy groups -OCH3 is 1. The van der Waals surface area contributed by atoms with Crippen LogP contribution in [-0.2, 0) is 13.0 Å². The van der Waals surface area contributed by atoms with Crippen LogP contribution in [0.3, 0.4) is 0 Å². The smallest absolute Gasteiger partial charge is 0.159 e. The minimum absolute atomic E-state index is 0.674. The molecular weight excluding hydrogens is 252 g/mol. The quantitative estimate of drug-likeness (QED) is 0.851. The van der Waals surface area contributed by atoms with Crippen LogP contribution < -0.4 is 10.1 Å². The molecular formula is C15H28N4O. The molecule has 0 amide bonds. The summed E-state index contributed by atoms with van der Waals surface area (Å²) in [5.74, 6) is 2.37. The van der Waals surface area contributed by atoms with Gasteiger partial charge < -0.3 is 15.0 Å². The van der Waals surface area contributed by atoms with E-state index in [9.17, 15) is 0 Å². The molecule has 2 rings (SSSR count). The first-order valence-corrected chi connectivity index (χ1v) is 7.56. The van der Waals surface area contributed by atoms with E-state index in [1.165, 1.54) is 12.1 Å². The van der Waals surface area contributed by atoms with Crippen molar-refractivity contribution < 1.29 is 4.74 Å². The molecule has 5 nitrogen and oxygen atoms in total. The van der Waals surface area contributed by atoms with Gasteiger partial charge in [-0.2, -0.15) is 5.10 Å². The molecule has 1 fully saturated rings. The van der Waals surface area contributed by atoms with Gasteiger partial charge >= 0.3 is 0 Å². The molecule has 0 saturated carbocycles. The van der Waals surface area contributed by atoms with E-state index in [4.69, 9.17) is 4.74 Å². The van der Waals surface area contributed by atoms with Gasteiger partial charge in [0.1, 0.15) is 0 Å². The van der Waals surface area contributed by atoms with Gasteiger partial charge in [-0.15, -0.1) is 0 Å². The van der Waals surface area contributed by atoms with Crippen LogP contribution in [0.2, 0.25) is 0 Å². The number of aromatic nitrogens is 2. The van der Waals surface area contributed by atoms with E-state index in [0.717, 1.165) is 44.3 Å². The van der Waals surface area contributed by atoms with Crippen molar-refractivity contribution in [1.29, 1.82) is 0 Å². The molecule has 2 atom stereocenters. The maximum atomic E-state index is 5.49. The molecule has 1 saturated heterocycles. The first-order valence-electron chi connectivity index (χ1n) is 7.56. The van der Waals surface area contributed by atoms with Gasteiger partial charge in [0.2, 0.25) is 0 Å². The van der Waals surface area contributed by atoms with Gasteiger partial charge in [0.25, 0.3) is 0 Å². The van der Waals surface area contributed by atoms with Crippen LogP contribution >= 0.6 is 0 Å². The van der Waals surface area contributed by atoms with E-state index < -0.39 is 0 Å². The molecule has 0 spiro atoms. The van der Waals surface area contributed by atoms with Crippen molar-refractivity contribution in [1.82, 2.24) is 20.0 Å². The summed E-state index contributed by atoms with van der Waals surface area (Å²) < 4.78 is 7.60. The Balaban J connectivity index is 2.09. The maximum absolute atomic E-state index is 5.49. The second kappa shape index (κ2) is 7.09. The van der Waals surface area contributed by atoms with Crippen molar-refractivity contribution in [3.05, 3.63) is 11.9 Å². The van der Waals surface area contributed by atoms with Gasteiger partial charge in [-0.1, -0.05) is 6.92 Å². The molecule has 0 radical (unpaired) electrons. The van der Waals surface area contributed by atoms with Crippen molar-refractivity contribution in [2.45, 2.75) is 26.3 Å². The third-order valence-electron chi connectivity index (χ3n) is 4.33. The Morgan fingerprint density at radius 3 is 2.95 bits per heavy atom. The van der Waals surface area contributed by atoms with Crippen LogP contribution in [0.15, 0.2) is 6.20 Å². The molecule has 1 N–H and O–H groups in total. The summed E-state index contributed by atoms with van der Waals surface area (Å²) in [5.41, 5.74) is 1.25. The fourth-order valence-corrected chi connectivity index (χ4v) is 2.83. The highest BCUT2D eigenvalue weighted by Gasteiger charge is 2.24. The summed E-state index contributed by atoms with van der Waals surface area (Å²) in [4.78, 5) is 2.18. The predicted octanol–water partition coefficient (Wildman–Crippen LogP) is 1.24. The average Bonchev–Trinajstić information content (AvgIpc) is 2.81. The highest BCUT2D eigenvalue weighted by Crippen LogP contribution is 2.27. The first-order chi connectivity index (χ1) is 9.61. The van der Waals surface area contributed by atoms with Crippen molar-refractivity contribution >= 4 is 0 Å². The summed E-state index contributed by atoms with van der Waals surface area (Å²) in [5, 5.41) is 8.00. The van der Waals surface area contributed by atoms with Crippen molar-refractivity contribution in [3.8, 4) is 5.75 Å². The van der Waals surface area contributed by atoms with E-state index in [-0.39, 0.29) is 0 Å². The van der Waals surface area contributed by atoms with E-state index in [0.29, 0.717) is 5.92 Å². The lowest BCUT2D eigenvalue weighted by atomic mass is 9.84. The number of nitrogens with zero attached hydrogens (tertiary/aromatic N) is 3. The number of nitrogens with one attached hydrogen (secondary N) is 1. The number of likely N-dealkylation sites (N-methyl/N-ethyl adjacent to an activating group) is 1. The van der Waals surface area contributed by atoms with Crippen LogP contribution in [0.4, 0.5) is 0 Å². The minimum atomic E-state index is 0.674. The number of ether oxygens (including phenoxy) is 1. The summed E-state index contributed by atoms with van der Waals surface area (Å²) in [6.45, 7) is 6.52. The number of rotatable bonds is 6. The summed E-state index contributed by atoms with van der Waals surface area (Å²) in [6.07, 6.45) is 4.16. The van der Waals surface area contributed by atoms with Crippen molar-refractivity contribution in [3.63, 3.8) is 0 Å². The predicted molar refractivity (Wildman–Crippen MR) is 81.2 cm³/mol. The molecule has 1 aromatic heterocycles. The molecule has 1 aliphatic rings. The van der Waals surface area contributed by atoms with Crippen molar-refractivity contribution in [2.75, 3.05) is 40.8 Å². The summed E-state index contributed by atoms with van der Waals surface area (Å²) >= 11 is 0.